The number of hydrogen-bond donors (Lipinski definition) is 0. The van der Waals surface area contributed by atoms with Gasteiger partial charge in [-0.25, -0.2) is 0 Å². The van der Waals surface area contributed by atoms with Gasteiger partial charge in [-0.2, -0.15) is 4.89 Å². The van der Waals surface area contributed by atoms with Crippen molar-refractivity contribution in [2.75, 3.05) is 19.8 Å². The summed E-state index contributed by atoms with van der Waals surface area (Å²) >= 11 is 0. The third-order valence-corrected chi connectivity index (χ3v) is 2.85. The summed E-state index contributed by atoms with van der Waals surface area (Å²) in [6.45, 7) is 9.61. The van der Waals surface area contributed by atoms with Crippen LogP contribution in [0, 0.1) is 23.4 Å². The second kappa shape index (κ2) is 9.31. The number of ether oxygens (including phenoxy) is 2. The lowest BCUT2D eigenvalue weighted by atomic mass is 9.89. The Morgan fingerprint density at radius 3 is 2.14 bits per heavy atom. The molecule has 0 bridgehead atoms. The highest BCUT2D eigenvalue weighted by Crippen LogP contribution is 2.23. The van der Waals surface area contributed by atoms with Crippen LogP contribution >= 0.6 is 0 Å². The van der Waals surface area contributed by atoms with Crippen LogP contribution in [-0.2, 0) is 28.8 Å². The largest absolute Gasteiger partial charge is 0.465 e. The van der Waals surface area contributed by atoms with Crippen LogP contribution in [0.5, 0.6) is 0 Å². The third-order valence-electron chi connectivity index (χ3n) is 2.85. The van der Waals surface area contributed by atoms with E-state index in [4.69, 9.17) is 20.8 Å². The smallest absolute Gasteiger partial charge is 0.305 e. The van der Waals surface area contributed by atoms with Gasteiger partial charge in [-0.15, -0.1) is 0 Å². The molecule has 0 N–H and O–H groups in total. The summed E-state index contributed by atoms with van der Waals surface area (Å²) in [6, 6.07) is 0. The minimum atomic E-state index is -0.416. The number of carbonyl (C=O) groups is 2. The van der Waals surface area contributed by atoms with Gasteiger partial charge in [-0.05, 0) is 11.8 Å². The van der Waals surface area contributed by atoms with Gasteiger partial charge in [-0.1, -0.05) is 34.1 Å². The van der Waals surface area contributed by atoms with Gasteiger partial charge in [0.15, 0.2) is 6.11 Å². The number of rotatable bonds is 10. The first-order chi connectivity index (χ1) is 10.1. The first-order valence-corrected chi connectivity index (χ1v) is 7.11. The maximum absolute atomic E-state index is 11.8. The average molecular weight is 314 g/mol. The molecule has 0 aromatic rings. The number of esters is 2. The van der Waals surface area contributed by atoms with Gasteiger partial charge in [0.1, 0.15) is 0 Å². The summed E-state index contributed by atoms with van der Waals surface area (Å²) < 4.78 is 10.2. The second-order valence-electron chi connectivity index (χ2n) is 6.73. The van der Waals surface area contributed by atoms with Gasteiger partial charge in [0, 0.05) is 18.8 Å². The van der Waals surface area contributed by atoms with Crippen molar-refractivity contribution in [2.45, 2.75) is 47.5 Å². The predicted molar refractivity (Wildman–Crippen MR) is 80.3 cm³/mol. The molecule has 0 spiro atoms. The summed E-state index contributed by atoms with van der Waals surface area (Å²) in [5.41, 5.74) is -0.677. The molecule has 0 atom stereocenters. The summed E-state index contributed by atoms with van der Waals surface area (Å²) in [7, 11) is 0. The van der Waals surface area contributed by atoms with Gasteiger partial charge in [0.05, 0.1) is 19.8 Å². The molecule has 0 saturated carbocycles. The molecule has 0 aromatic heterocycles. The van der Waals surface area contributed by atoms with Crippen LogP contribution in [0.4, 0.5) is 0 Å². The molecule has 6 heteroatoms. The van der Waals surface area contributed by atoms with Crippen molar-refractivity contribution in [1.29, 1.82) is 0 Å². The van der Waals surface area contributed by atoms with Crippen LogP contribution in [0.25, 0.3) is 0 Å². The maximum atomic E-state index is 11.8. The minimum Gasteiger partial charge on any atom is -0.465 e. The molecular weight excluding hydrogens is 288 g/mol. The van der Waals surface area contributed by atoms with Crippen molar-refractivity contribution in [3.05, 3.63) is 0 Å². The predicted octanol–water partition coefficient (Wildman–Crippen LogP) is 2.46. The van der Waals surface area contributed by atoms with E-state index in [1.54, 1.807) is 0 Å². The van der Waals surface area contributed by atoms with Gasteiger partial charge >= 0.3 is 11.9 Å². The zero-order valence-corrected chi connectivity index (χ0v) is 14.1. The molecule has 0 fully saturated rings. The topological polar surface area (TPSA) is 71.1 Å². The second-order valence-corrected chi connectivity index (χ2v) is 6.73. The van der Waals surface area contributed by atoms with Crippen LogP contribution in [0.1, 0.15) is 47.5 Å². The highest BCUT2D eigenvalue weighted by Gasteiger charge is 2.24. The quantitative estimate of drug-likeness (QED) is 0.203. The van der Waals surface area contributed by atoms with E-state index >= 15 is 0 Å². The summed E-state index contributed by atoms with van der Waals surface area (Å²) in [5.74, 6) is -0.655. The van der Waals surface area contributed by atoms with Crippen LogP contribution < -0.4 is 0 Å². The highest BCUT2D eigenvalue weighted by atomic mass is 17.2. The Bertz CT molecular complexity index is 405. The molecule has 126 valence electrons. The van der Waals surface area contributed by atoms with E-state index in [-0.39, 0.29) is 43.6 Å². The average Bonchev–Trinajstić information content (AvgIpc) is 2.41. The summed E-state index contributed by atoms with van der Waals surface area (Å²) in [6.07, 6.45) is 7.65. The van der Waals surface area contributed by atoms with Crippen molar-refractivity contribution in [2.24, 2.45) is 10.8 Å². The van der Waals surface area contributed by atoms with E-state index in [0.29, 0.717) is 6.42 Å². The Kier molecular flexibility index (Phi) is 8.58. The van der Waals surface area contributed by atoms with Gasteiger partial charge in [0.2, 0.25) is 0 Å². The molecule has 0 amide bonds. The van der Waals surface area contributed by atoms with Gasteiger partial charge in [-0.3, -0.25) is 14.5 Å². The van der Waals surface area contributed by atoms with Crippen molar-refractivity contribution in [3.8, 4) is 12.5 Å². The van der Waals surface area contributed by atoms with Crippen molar-refractivity contribution in [1.82, 2.24) is 0 Å². The van der Waals surface area contributed by atoms with Crippen LogP contribution in [0.3, 0.4) is 0 Å². The molecule has 0 aromatic carbocycles. The third kappa shape index (κ3) is 11.0. The van der Waals surface area contributed by atoms with Crippen molar-refractivity contribution in [3.63, 3.8) is 0 Å². The highest BCUT2D eigenvalue weighted by molar-refractivity contribution is 5.69. The molecule has 0 saturated heterocycles. The molecular formula is C16H26O6. The number of carbonyl (C=O) groups excluding carboxylic acids is 2. The molecule has 22 heavy (non-hydrogen) atoms. The lowest BCUT2D eigenvalue weighted by Gasteiger charge is -2.25. The molecule has 0 radical (unpaired) electrons. The Morgan fingerprint density at radius 1 is 1.00 bits per heavy atom. The van der Waals surface area contributed by atoms with E-state index in [2.05, 4.69) is 4.89 Å². The fourth-order valence-electron chi connectivity index (χ4n) is 1.42. The van der Waals surface area contributed by atoms with E-state index in [1.807, 2.05) is 33.8 Å². The maximum Gasteiger partial charge on any atom is 0.305 e. The lowest BCUT2D eigenvalue weighted by molar-refractivity contribution is -0.254. The number of hydrogen-bond acceptors (Lipinski definition) is 6. The zero-order valence-electron chi connectivity index (χ0n) is 14.1. The molecule has 0 aliphatic rings. The monoisotopic (exact) mass is 314 g/mol. The molecule has 0 aliphatic heterocycles. The summed E-state index contributed by atoms with van der Waals surface area (Å²) in [4.78, 5) is 31.8. The molecule has 6 nitrogen and oxygen atoms in total. The van der Waals surface area contributed by atoms with Gasteiger partial charge < -0.3 is 9.47 Å². The Balaban J connectivity index is 4.03. The summed E-state index contributed by atoms with van der Waals surface area (Å²) in [5, 5.41) is 0. The van der Waals surface area contributed by atoms with Crippen LogP contribution in [0.2, 0.25) is 0 Å². The first-order valence-electron chi connectivity index (χ1n) is 7.11. The van der Waals surface area contributed by atoms with Crippen molar-refractivity contribution >= 4 is 11.9 Å². The minimum absolute atomic E-state index is 0.191. The molecule has 0 rings (SSSR count). The number of terminal acetylenes is 1. The Morgan fingerprint density at radius 2 is 1.59 bits per heavy atom. The van der Waals surface area contributed by atoms with Crippen LogP contribution in [-0.4, -0.2) is 31.8 Å². The Hall–Kier alpha value is -1.74. The van der Waals surface area contributed by atoms with E-state index < -0.39 is 5.41 Å². The van der Waals surface area contributed by atoms with E-state index in [1.165, 1.54) is 6.92 Å². The zero-order chi connectivity index (χ0) is 17.2. The van der Waals surface area contributed by atoms with Gasteiger partial charge in [0.25, 0.3) is 0 Å². The molecule has 0 heterocycles. The van der Waals surface area contributed by atoms with E-state index in [0.717, 1.165) is 0 Å². The van der Waals surface area contributed by atoms with Crippen molar-refractivity contribution < 1.29 is 28.8 Å². The normalized spacial score (nSPS) is 11.5. The molecule has 0 aliphatic carbocycles. The fourth-order valence-corrected chi connectivity index (χ4v) is 1.42. The lowest BCUT2D eigenvalue weighted by Crippen LogP contribution is -2.28. The van der Waals surface area contributed by atoms with Crippen LogP contribution in [0.15, 0.2) is 0 Å². The SMILES string of the molecule is C#COOCC(C)(C)CCC(=O)OCC(C)(C)COC(C)=O. The fraction of sp³-hybridized carbons (Fsp3) is 0.750. The molecule has 0 unspecified atom stereocenters. The van der Waals surface area contributed by atoms with E-state index in [9.17, 15) is 9.59 Å². The standard InChI is InChI=1S/C16H26O6/c1-7-21-22-12-15(3,4)9-8-14(18)20-11-16(5,6)10-19-13(2)17/h1H,8-12H2,2-6H3. The Labute approximate surface area is 132 Å². The first kappa shape index (κ1) is 20.3.